The molecule has 0 fully saturated rings. The highest BCUT2D eigenvalue weighted by atomic mass is 35.5. The molecule has 2 heterocycles. The zero-order valence-corrected chi connectivity index (χ0v) is 12.7. The van der Waals surface area contributed by atoms with Crippen LogP contribution in [0.4, 0.5) is 5.13 Å². The molecule has 1 amide bonds. The number of benzene rings is 1. The molecule has 1 aromatic carbocycles. The highest BCUT2D eigenvalue weighted by molar-refractivity contribution is 7.18. The lowest BCUT2D eigenvalue weighted by molar-refractivity contribution is 0.102. The highest BCUT2D eigenvalue weighted by Crippen LogP contribution is 2.27. The quantitative estimate of drug-likeness (QED) is 0.769. The molecule has 2 aromatic heterocycles. The van der Waals surface area contributed by atoms with Crippen LogP contribution in [0.15, 0.2) is 41.0 Å². The smallest absolute Gasteiger partial charge is 0.257 e. The molecular formula is C13H7Cl2N3O2S. The van der Waals surface area contributed by atoms with Gasteiger partial charge in [0.2, 0.25) is 5.13 Å². The van der Waals surface area contributed by atoms with Crippen molar-refractivity contribution in [2.24, 2.45) is 0 Å². The average molecular weight is 340 g/mol. The fourth-order valence-corrected chi connectivity index (χ4v) is 2.59. The zero-order valence-electron chi connectivity index (χ0n) is 10.3. The minimum Gasteiger partial charge on any atom is -0.462 e. The zero-order chi connectivity index (χ0) is 14.8. The minimum absolute atomic E-state index is 0.317. The molecular weight excluding hydrogens is 333 g/mol. The van der Waals surface area contributed by atoms with Gasteiger partial charge in [0.1, 0.15) is 0 Å². The molecule has 0 saturated carbocycles. The van der Waals surface area contributed by atoms with E-state index in [0.29, 0.717) is 31.5 Å². The Kier molecular flexibility index (Phi) is 3.92. The molecule has 3 aromatic rings. The van der Waals surface area contributed by atoms with Crippen molar-refractivity contribution >= 4 is 45.6 Å². The number of halogens is 2. The number of aromatic nitrogens is 2. The van der Waals surface area contributed by atoms with Gasteiger partial charge < -0.3 is 4.42 Å². The number of nitrogens with zero attached hydrogens (tertiary/aromatic N) is 2. The Labute approximate surface area is 133 Å². The third kappa shape index (κ3) is 3.07. The molecule has 21 heavy (non-hydrogen) atoms. The van der Waals surface area contributed by atoms with Gasteiger partial charge in [-0.25, -0.2) is 0 Å². The molecule has 0 atom stereocenters. The third-order valence-corrected chi connectivity index (χ3v) is 4.15. The van der Waals surface area contributed by atoms with Gasteiger partial charge in [0, 0.05) is 5.56 Å². The van der Waals surface area contributed by atoms with Crippen molar-refractivity contribution in [3.8, 4) is 10.8 Å². The van der Waals surface area contributed by atoms with E-state index in [0.717, 1.165) is 0 Å². The molecule has 0 bridgehead atoms. The Morgan fingerprint density at radius 2 is 2.05 bits per heavy atom. The van der Waals surface area contributed by atoms with Crippen LogP contribution in [0.1, 0.15) is 10.4 Å². The lowest BCUT2D eigenvalue weighted by Crippen LogP contribution is -2.11. The van der Waals surface area contributed by atoms with E-state index in [-0.39, 0.29) is 5.91 Å². The standard InChI is InChI=1S/C13H7Cl2N3O2S/c14-8-4-3-7(6-9(8)15)11(19)16-13-18-17-12(21-13)10-2-1-5-20-10/h1-6H,(H,16,18,19). The second-order valence-corrected chi connectivity index (χ2v) is 5.76. The van der Waals surface area contributed by atoms with Gasteiger partial charge in [0.15, 0.2) is 10.8 Å². The monoisotopic (exact) mass is 339 g/mol. The van der Waals surface area contributed by atoms with E-state index in [2.05, 4.69) is 15.5 Å². The number of hydrogen-bond donors (Lipinski definition) is 1. The summed E-state index contributed by atoms with van der Waals surface area (Å²) in [5.41, 5.74) is 0.388. The maximum absolute atomic E-state index is 12.1. The van der Waals surface area contributed by atoms with E-state index in [4.69, 9.17) is 27.6 Å². The van der Waals surface area contributed by atoms with E-state index < -0.39 is 0 Å². The van der Waals surface area contributed by atoms with Gasteiger partial charge in [-0.1, -0.05) is 34.5 Å². The number of carbonyl (C=O) groups excluding carboxylic acids is 1. The first-order valence-electron chi connectivity index (χ1n) is 5.77. The maximum atomic E-state index is 12.1. The van der Waals surface area contributed by atoms with Crippen molar-refractivity contribution in [1.82, 2.24) is 10.2 Å². The molecule has 3 rings (SSSR count). The van der Waals surface area contributed by atoms with E-state index in [1.807, 2.05) is 0 Å². The molecule has 0 unspecified atom stereocenters. The molecule has 5 nitrogen and oxygen atoms in total. The second-order valence-electron chi connectivity index (χ2n) is 3.97. The van der Waals surface area contributed by atoms with Gasteiger partial charge >= 0.3 is 0 Å². The van der Waals surface area contributed by atoms with Gasteiger partial charge in [-0.3, -0.25) is 10.1 Å². The number of carbonyl (C=O) groups is 1. The van der Waals surface area contributed by atoms with Gasteiger partial charge in [0.05, 0.1) is 16.3 Å². The number of anilines is 1. The third-order valence-electron chi connectivity index (χ3n) is 2.56. The molecule has 1 N–H and O–H groups in total. The van der Waals surface area contributed by atoms with Crippen molar-refractivity contribution < 1.29 is 9.21 Å². The Morgan fingerprint density at radius 3 is 2.76 bits per heavy atom. The molecule has 0 aliphatic rings. The normalized spacial score (nSPS) is 10.6. The Balaban J connectivity index is 1.77. The van der Waals surface area contributed by atoms with Crippen LogP contribution in [0.3, 0.4) is 0 Å². The molecule has 8 heteroatoms. The number of rotatable bonds is 3. The van der Waals surface area contributed by atoms with E-state index in [1.165, 1.54) is 17.4 Å². The molecule has 0 saturated heterocycles. The van der Waals surface area contributed by atoms with Gasteiger partial charge in [0.25, 0.3) is 5.91 Å². The molecule has 0 spiro atoms. The molecule has 0 aliphatic carbocycles. The minimum atomic E-state index is -0.337. The summed E-state index contributed by atoms with van der Waals surface area (Å²) in [5, 5.41) is 12.2. The summed E-state index contributed by atoms with van der Waals surface area (Å²) in [7, 11) is 0. The molecule has 106 valence electrons. The second kappa shape index (κ2) is 5.85. The van der Waals surface area contributed by atoms with Crippen molar-refractivity contribution in [3.63, 3.8) is 0 Å². The Bertz CT molecular complexity index is 787. The first kappa shape index (κ1) is 14.1. The van der Waals surface area contributed by atoms with Crippen LogP contribution in [-0.2, 0) is 0 Å². The average Bonchev–Trinajstić information content (AvgIpc) is 3.12. The van der Waals surface area contributed by atoms with Crippen molar-refractivity contribution in [1.29, 1.82) is 0 Å². The number of nitrogens with one attached hydrogen (secondary N) is 1. The highest BCUT2D eigenvalue weighted by Gasteiger charge is 2.13. The summed E-state index contributed by atoms with van der Waals surface area (Å²) in [6.45, 7) is 0. The van der Waals surface area contributed by atoms with Crippen molar-refractivity contribution in [2.75, 3.05) is 5.32 Å². The van der Waals surface area contributed by atoms with Crippen LogP contribution < -0.4 is 5.32 Å². The SMILES string of the molecule is O=C(Nc1nnc(-c2ccco2)s1)c1ccc(Cl)c(Cl)c1. The van der Waals surface area contributed by atoms with Gasteiger partial charge in [-0.15, -0.1) is 10.2 Å². The van der Waals surface area contributed by atoms with E-state index in [1.54, 1.807) is 30.5 Å². The Morgan fingerprint density at radius 1 is 1.19 bits per heavy atom. The summed E-state index contributed by atoms with van der Waals surface area (Å²) in [6, 6.07) is 8.16. The largest absolute Gasteiger partial charge is 0.462 e. The summed E-state index contributed by atoms with van der Waals surface area (Å²) < 4.78 is 5.21. The van der Waals surface area contributed by atoms with Crippen molar-refractivity contribution in [3.05, 3.63) is 52.2 Å². The topological polar surface area (TPSA) is 68.0 Å². The van der Waals surface area contributed by atoms with Crippen LogP contribution in [-0.4, -0.2) is 16.1 Å². The Hall–Kier alpha value is -1.89. The predicted molar refractivity (Wildman–Crippen MR) is 82.0 cm³/mol. The molecule has 0 aliphatic heterocycles. The van der Waals surface area contributed by atoms with Crippen LogP contribution in [0.2, 0.25) is 10.0 Å². The first-order valence-corrected chi connectivity index (χ1v) is 7.34. The summed E-state index contributed by atoms with van der Waals surface area (Å²) in [6.07, 6.45) is 1.55. The van der Waals surface area contributed by atoms with Crippen molar-refractivity contribution in [2.45, 2.75) is 0 Å². The summed E-state index contributed by atoms with van der Waals surface area (Å²) in [4.78, 5) is 12.1. The lowest BCUT2D eigenvalue weighted by atomic mass is 10.2. The fourth-order valence-electron chi connectivity index (χ4n) is 1.58. The van der Waals surface area contributed by atoms with E-state index in [9.17, 15) is 4.79 Å². The van der Waals surface area contributed by atoms with Crippen LogP contribution in [0.25, 0.3) is 10.8 Å². The first-order chi connectivity index (χ1) is 10.1. The molecule has 0 radical (unpaired) electrons. The maximum Gasteiger partial charge on any atom is 0.257 e. The van der Waals surface area contributed by atoms with Crippen LogP contribution >= 0.6 is 34.5 Å². The lowest BCUT2D eigenvalue weighted by Gasteiger charge is -2.02. The van der Waals surface area contributed by atoms with Gasteiger partial charge in [-0.2, -0.15) is 0 Å². The number of furan rings is 1. The van der Waals surface area contributed by atoms with Gasteiger partial charge in [-0.05, 0) is 30.3 Å². The number of amides is 1. The van der Waals surface area contributed by atoms with Crippen LogP contribution in [0.5, 0.6) is 0 Å². The predicted octanol–water partition coefficient (Wildman–Crippen LogP) is 4.36. The van der Waals surface area contributed by atoms with E-state index >= 15 is 0 Å². The van der Waals surface area contributed by atoms with Crippen LogP contribution in [0, 0.1) is 0 Å². The number of hydrogen-bond acceptors (Lipinski definition) is 5. The summed E-state index contributed by atoms with van der Waals surface area (Å²) in [5.74, 6) is 0.262. The summed E-state index contributed by atoms with van der Waals surface area (Å²) >= 11 is 12.9. The fraction of sp³-hybridized carbons (Fsp3) is 0.